The highest BCUT2D eigenvalue weighted by atomic mass is 32.2. The van der Waals surface area contributed by atoms with Crippen molar-refractivity contribution in [1.82, 2.24) is 0 Å². The van der Waals surface area contributed by atoms with Crippen LogP contribution in [0.1, 0.15) is 34.6 Å². The van der Waals surface area contributed by atoms with Crippen LogP contribution in [0.3, 0.4) is 0 Å². The predicted octanol–water partition coefficient (Wildman–Crippen LogP) is 2.26. The quantitative estimate of drug-likeness (QED) is 0.622. The van der Waals surface area contributed by atoms with Crippen LogP contribution in [0.15, 0.2) is 0 Å². The van der Waals surface area contributed by atoms with Crippen molar-refractivity contribution in [2.75, 3.05) is 12.0 Å². The van der Waals surface area contributed by atoms with Crippen LogP contribution in [0.2, 0.25) is 0 Å². The van der Waals surface area contributed by atoms with E-state index in [4.69, 9.17) is 0 Å². The number of hydrogen-bond acceptors (Lipinski definition) is 1. The predicted molar refractivity (Wildman–Crippen MR) is 57.8 cm³/mol. The van der Waals surface area contributed by atoms with Gasteiger partial charge >= 0.3 is 0 Å². The van der Waals surface area contributed by atoms with Crippen molar-refractivity contribution in [2.24, 2.45) is 5.92 Å². The molecule has 0 aromatic carbocycles. The topological polar surface area (TPSA) is 17.1 Å². The molecular weight excluding hydrogens is 168 g/mol. The zero-order valence-corrected chi connectivity index (χ0v) is 9.92. The van der Waals surface area contributed by atoms with E-state index in [9.17, 15) is 4.79 Å². The molecule has 2 heteroatoms. The lowest BCUT2D eigenvalue weighted by Gasteiger charge is -2.18. The molecule has 0 radical (unpaired) electrons. The van der Waals surface area contributed by atoms with Crippen LogP contribution in [-0.2, 0) is 15.7 Å². The number of ketones is 1. The second-order valence-electron chi connectivity index (χ2n) is 4.51. The van der Waals surface area contributed by atoms with Gasteiger partial charge in [-0.2, -0.15) is 0 Å². The van der Waals surface area contributed by atoms with Gasteiger partial charge in [0.05, 0.1) is 6.26 Å². The Bertz CT molecular complexity index is 156. The van der Waals surface area contributed by atoms with Crippen molar-refractivity contribution >= 4 is 16.7 Å². The number of Topliss-reactive ketones (excluding diaryl/α,β-unsaturated/α-hetero) is 1. The molecule has 0 amide bonds. The summed E-state index contributed by atoms with van der Waals surface area (Å²) in [5.74, 6) is 1.35. The monoisotopic (exact) mass is 189 g/mol. The van der Waals surface area contributed by atoms with Crippen molar-refractivity contribution in [3.8, 4) is 0 Å². The molecule has 0 fully saturated rings. The van der Waals surface area contributed by atoms with Crippen LogP contribution in [0, 0.1) is 5.92 Å². The van der Waals surface area contributed by atoms with E-state index in [0.29, 0.717) is 5.78 Å². The van der Waals surface area contributed by atoms with Crippen LogP contribution in [0.5, 0.6) is 0 Å². The van der Waals surface area contributed by atoms with Crippen LogP contribution in [-0.4, -0.2) is 22.5 Å². The molecule has 0 heterocycles. The van der Waals surface area contributed by atoms with Gasteiger partial charge in [0.25, 0.3) is 0 Å². The summed E-state index contributed by atoms with van der Waals surface area (Å²) >= 11 is 0. The summed E-state index contributed by atoms with van der Waals surface area (Å²) in [6.07, 6.45) is 2.18. The molecule has 12 heavy (non-hydrogen) atoms. The molecule has 0 spiro atoms. The molecule has 0 aromatic heterocycles. The summed E-state index contributed by atoms with van der Waals surface area (Å²) in [5.41, 5.74) is 0. The smallest absolute Gasteiger partial charge is 0.184 e. The number of carbonyl (C=O) groups excluding carboxylic acids is 1. The minimum Gasteiger partial charge on any atom is -0.294 e. The SMILES string of the molecule is CC(C)C(=O)C[S+](C)C(C)(C)C. The highest BCUT2D eigenvalue weighted by Crippen LogP contribution is 2.17. The molecule has 1 unspecified atom stereocenters. The Kier molecular flexibility index (Phi) is 4.32. The van der Waals surface area contributed by atoms with Gasteiger partial charge in [-0.25, -0.2) is 0 Å². The third-order valence-corrected chi connectivity index (χ3v) is 4.86. The molecule has 0 aliphatic carbocycles. The average molecular weight is 189 g/mol. The summed E-state index contributed by atoms with van der Waals surface area (Å²) in [5, 5.41) is 0. The third kappa shape index (κ3) is 4.15. The standard InChI is InChI=1S/C10H21OS/c1-8(2)9(11)7-12(6)10(3,4)5/h8H,7H2,1-6H3/q+1. The first-order chi connectivity index (χ1) is 5.25. The van der Waals surface area contributed by atoms with Crippen LogP contribution < -0.4 is 0 Å². The molecular formula is C10H21OS+. The van der Waals surface area contributed by atoms with E-state index >= 15 is 0 Å². The minimum atomic E-state index is 0.197. The molecule has 0 aromatic rings. The van der Waals surface area contributed by atoms with E-state index in [1.165, 1.54) is 0 Å². The summed E-state index contributed by atoms with van der Waals surface area (Å²) in [6, 6.07) is 0. The fourth-order valence-electron chi connectivity index (χ4n) is 0.597. The Morgan fingerprint density at radius 3 is 2.00 bits per heavy atom. The highest BCUT2D eigenvalue weighted by Gasteiger charge is 2.32. The zero-order valence-electron chi connectivity index (χ0n) is 9.10. The van der Waals surface area contributed by atoms with Crippen LogP contribution in [0.4, 0.5) is 0 Å². The molecule has 0 aliphatic heterocycles. The summed E-state index contributed by atoms with van der Waals surface area (Å²) in [7, 11) is 0.212. The first-order valence-electron chi connectivity index (χ1n) is 4.40. The fraction of sp³-hybridized carbons (Fsp3) is 0.900. The number of hydrogen-bond donors (Lipinski definition) is 0. The van der Waals surface area contributed by atoms with Crippen molar-refractivity contribution in [2.45, 2.75) is 39.4 Å². The Hall–Kier alpha value is 0.0200. The van der Waals surface area contributed by atoms with E-state index in [1.54, 1.807) is 0 Å². The lowest BCUT2D eigenvalue weighted by atomic mass is 10.1. The van der Waals surface area contributed by atoms with Gasteiger partial charge in [-0.15, -0.1) is 0 Å². The summed E-state index contributed by atoms with van der Waals surface area (Å²) in [6.45, 7) is 10.5. The maximum Gasteiger partial charge on any atom is 0.184 e. The van der Waals surface area contributed by atoms with Gasteiger partial charge in [-0.3, -0.25) is 4.79 Å². The van der Waals surface area contributed by atoms with Crippen LogP contribution >= 0.6 is 0 Å². The molecule has 0 aliphatic rings. The number of rotatable bonds is 3. The lowest BCUT2D eigenvalue weighted by molar-refractivity contribution is -0.119. The first kappa shape index (κ1) is 12.0. The van der Waals surface area contributed by atoms with Gasteiger partial charge in [0.1, 0.15) is 4.75 Å². The van der Waals surface area contributed by atoms with E-state index in [2.05, 4.69) is 27.0 Å². The maximum absolute atomic E-state index is 11.4. The maximum atomic E-state index is 11.4. The molecule has 1 atom stereocenters. The summed E-state index contributed by atoms with van der Waals surface area (Å²) < 4.78 is 0.282. The second kappa shape index (κ2) is 4.31. The first-order valence-corrected chi connectivity index (χ1v) is 6.20. The molecule has 0 N–H and O–H groups in total. The van der Waals surface area contributed by atoms with E-state index in [1.807, 2.05) is 13.8 Å². The van der Waals surface area contributed by atoms with Crippen molar-refractivity contribution in [1.29, 1.82) is 0 Å². The largest absolute Gasteiger partial charge is 0.294 e. The van der Waals surface area contributed by atoms with Crippen molar-refractivity contribution in [3.05, 3.63) is 0 Å². The normalized spacial score (nSPS) is 14.9. The Morgan fingerprint density at radius 1 is 1.33 bits per heavy atom. The third-order valence-electron chi connectivity index (χ3n) is 2.05. The summed E-state index contributed by atoms with van der Waals surface area (Å²) in [4.78, 5) is 11.4. The molecule has 0 saturated heterocycles. The molecule has 1 nitrogen and oxygen atoms in total. The minimum absolute atomic E-state index is 0.197. The van der Waals surface area contributed by atoms with Gasteiger partial charge in [0.15, 0.2) is 11.5 Å². The van der Waals surface area contributed by atoms with Gasteiger partial charge in [0, 0.05) is 5.92 Å². The van der Waals surface area contributed by atoms with Crippen molar-refractivity contribution < 1.29 is 4.79 Å². The Morgan fingerprint density at radius 2 is 1.75 bits per heavy atom. The Balaban J connectivity index is 4.02. The lowest BCUT2D eigenvalue weighted by Crippen LogP contribution is -2.33. The second-order valence-corrected chi connectivity index (χ2v) is 7.30. The number of carbonyl (C=O) groups is 1. The van der Waals surface area contributed by atoms with Crippen molar-refractivity contribution in [3.63, 3.8) is 0 Å². The fourth-order valence-corrected chi connectivity index (χ4v) is 1.79. The van der Waals surface area contributed by atoms with Gasteiger partial charge < -0.3 is 0 Å². The van der Waals surface area contributed by atoms with Crippen LogP contribution in [0.25, 0.3) is 0 Å². The zero-order chi connectivity index (χ0) is 9.94. The van der Waals surface area contributed by atoms with E-state index < -0.39 is 0 Å². The van der Waals surface area contributed by atoms with Gasteiger partial charge in [-0.05, 0) is 31.7 Å². The van der Waals surface area contributed by atoms with Gasteiger partial charge in [-0.1, -0.05) is 13.8 Å². The van der Waals surface area contributed by atoms with E-state index in [-0.39, 0.29) is 21.6 Å². The van der Waals surface area contributed by atoms with E-state index in [0.717, 1.165) is 5.75 Å². The molecule has 0 bridgehead atoms. The average Bonchev–Trinajstić information content (AvgIpc) is 1.85. The van der Waals surface area contributed by atoms with Gasteiger partial charge in [0.2, 0.25) is 0 Å². The molecule has 0 rings (SSSR count). The highest BCUT2D eigenvalue weighted by molar-refractivity contribution is 7.98. The molecule has 0 saturated carbocycles. The molecule has 72 valence electrons. The Labute approximate surface area is 79.3 Å².